The van der Waals surface area contributed by atoms with Crippen LogP contribution < -0.4 is 0 Å². The van der Waals surface area contributed by atoms with Crippen LogP contribution in [0.1, 0.15) is 29.7 Å². The molecule has 1 N–H and O–H groups in total. The lowest BCUT2D eigenvalue weighted by Crippen LogP contribution is -2.42. The summed E-state index contributed by atoms with van der Waals surface area (Å²) in [5.41, 5.74) is 3.18. The highest BCUT2D eigenvalue weighted by Gasteiger charge is 2.35. The maximum Gasteiger partial charge on any atom is 0.155 e. The Morgan fingerprint density at radius 1 is 1.17 bits per heavy atom. The topological polar surface area (TPSA) is 66.5 Å². The molecule has 24 heavy (non-hydrogen) atoms. The van der Waals surface area contributed by atoms with Gasteiger partial charge < -0.3 is 5.11 Å². The molecule has 6 heteroatoms. The Labute approximate surface area is 140 Å². The van der Waals surface area contributed by atoms with Gasteiger partial charge in [-0.05, 0) is 49.1 Å². The van der Waals surface area contributed by atoms with E-state index in [1.807, 2.05) is 31.5 Å². The maximum absolute atomic E-state index is 10.9. The third kappa shape index (κ3) is 2.90. The van der Waals surface area contributed by atoms with Gasteiger partial charge in [-0.2, -0.15) is 5.10 Å². The standard InChI is InChI=1S/C18H21N5O/c1-14-2-3-16(19-11-14)18(24)5-8-22(9-6-18)12-15-4-7-23-17(10-15)20-13-21-23/h2-4,7,10-11,13,24H,5-6,8-9,12H2,1H3. The van der Waals surface area contributed by atoms with E-state index in [0.29, 0.717) is 12.8 Å². The maximum atomic E-state index is 10.9. The minimum atomic E-state index is -0.804. The van der Waals surface area contributed by atoms with Gasteiger partial charge in [0, 0.05) is 32.0 Å². The van der Waals surface area contributed by atoms with Gasteiger partial charge in [0.15, 0.2) is 5.65 Å². The van der Waals surface area contributed by atoms with Gasteiger partial charge in [0.1, 0.15) is 11.9 Å². The molecule has 0 amide bonds. The fraction of sp³-hybridized carbons (Fsp3) is 0.389. The molecule has 1 fully saturated rings. The second-order valence-electron chi connectivity index (χ2n) is 6.63. The van der Waals surface area contributed by atoms with Crippen molar-refractivity contribution in [2.75, 3.05) is 13.1 Å². The van der Waals surface area contributed by atoms with Gasteiger partial charge in [0.2, 0.25) is 0 Å². The van der Waals surface area contributed by atoms with E-state index in [1.165, 1.54) is 5.56 Å². The van der Waals surface area contributed by atoms with E-state index in [9.17, 15) is 5.11 Å². The fourth-order valence-electron chi connectivity index (χ4n) is 3.29. The first-order valence-electron chi connectivity index (χ1n) is 8.29. The van der Waals surface area contributed by atoms with E-state index in [1.54, 1.807) is 10.8 Å². The van der Waals surface area contributed by atoms with Crippen LogP contribution in [0.2, 0.25) is 0 Å². The lowest BCUT2D eigenvalue weighted by Gasteiger charge is -2.37. The summed E-state index contributed by atoms with van der Waals surface area (Å²) in [5.74, 6) is 0. The Morgan fingerprint density at radius 2 is 2.00 bits per heavy atom. The molecule has 0 saturated carbocycles. The van der Waals surface area contributed by atoms with E-state index < -0.39 is 5.60 Å². The van der Waals surface area contributed by atoms with Gasteiger partial charge in [-0.25, -0.2) is 9.50 Å². The second kappa shape index (κ2) is 5.96. The van der Waals surface area contributed by atoms with Crippen LogP contribution in [0.5, 0.6) is 0 Å². The summed E-state index contributed by atoms with van der Waals surface area (Å²) in [6, 6.07) is 8.10. The number of aromatic nitrogens is 4. The monoisotopic (exact) mass is 323 g/mol. The molecule has 0 aliphatic carbocycles. The molecule has 0 atom stereocenters. The zero-order chi connectivity index (χ0) is 16.6. The van der Waals surface area contributed by atoms with Crippen LogP contribution in [0.3, 0.4) is 0 Å². The molecule has 0 aromatic carbocycles. The summed E-state index contributed by atoms with van der Waals surface area (Å²) >= 11 is 0. The van der Waals surface area contributed by atoms with Gasteiger partial charge in [-0.15, -0.1) is 0 Å². The molecule has 124 valence electrons. The van der Waals surface area contributed by atoms with Crippen molar-refractivity contribution in [1.82, 2.24) is 24.5 Å². The number of pyridine rings is 2. The van der Waals surface area contributed by atoms with Crippen molar-refractivity contribution in [2.24, 2.45) is 0 Å². The number of rotatable bonds is 3. The van der Waals surface area contributed by atoms with E-state index in [0.717, 1.165) is 36.5 Å². The van der Waals surface area contributed by atoms with Crippen molar-refractivity contribution in [1.29, 1.82) is 0 Å². The summed E-state index contributed by atoms with van der Waals surface area (Å²) in [7, 11) is 0. The summed E-state index contributed by atoms with van der Waals surface area (Å²) in [6.45, 7) is 4.57. The van der Waals surface area contributed by atoms with Crippen LogP contribution in [-0.2, 0) is 12.1 Å². The van der Waals surface area contributed by atoms with Crippen molar-refractivity contribution < 1.29 is 5.11 Å². The number of nitrogens with zero attached hydrogens (tertiary/aromatic N) is 5. The first kappa shape index (κ1) is 15.2. The van der Waals surface area contributed by atoms with E-state index in [4.69, 9.17) is 0 Å². The molecule has 0 unspecified atom stereocenters. The van der Waals surface area contributed by atoms with Crippen LogP contribution in [0, 0.1) is 6.92 Å². The lowest BCUT2D eigenvalue weighted by atomic mass is 9.87. The summed E-state index contributed by atoms with van der Waals surface area (Å²) in [4.78, 5) is 11.0. The van der Waals surface area contributed by atoms with E-state index >= 15 is 0 Å². The molecule has 1 aliphatic rings. The minimum Gasteiger partial charge on any atom is -0.383 e. The Kier molecular flexibility index (Phi) is 3.78. The minimum absolute atomic E-state index is 0.705. The van der Waals surface area contributed by atoms with Gasteiger partial charge in [-0.3, -0.25) is 9.88 Å². The number of likely N-dealkylation sites (tertiary alicyclic amines) is 1. The number of piperidine rings is 1. The first-order chi connectivity index (χ1) is 11.6. The van der Waals surface area contributed by atoms with Gasteiger partial charge >= 0.3 is 0 Å². The Balaban J connectivity index is 1.42. The van der Waals surface area contributed by atoms with E-state index in [2.05, 4.69) is 32.1 Å². The molecule has 4 heterocycles. The van der Waals surface area contributed by atoms with Crippen molar-refractivity contribution >= 4 is 5.65 Å². The molecular formula is C18H21N5O. The average molecular weight is 323 g/mol. The molecule has 6 nitrogen and oxygen atoms in total. The number of fused-ring (bicyclic) bond motifs is 1. The zero-order valence-corrected chi connectivity index (χ0v) is 13.8. The molecule has 4 rings (SSSR count). The largest absolute Gasteiger partial charge is 0.383 e. The highest BCUT2D eigenvalue weighted by Crippen LogP contribution is 2.32. The van der Waals surface area contributed by atoms with Crippen molar-refractivity contribution in [3.63, 3.8) is 0 Å². The third-order valence-electron chi connectivity index (χ3n) is 4.82. The zero-order valence-electron chi connectivity index (χ0n) is 13.8. The number of hydrogen-bond donors (Lipinski definition) is 1. The van der Waals surface area contributed by atoms with Crippen molar-refractivity contribution in [2.45, 2.75) is 31.9 Å². The van der Waals surface area contributed by atoms with Crippen LogP contribution in [0.4, 0.5) is 0 Å². The number of hydrogen-bond acceptors (Lipinski definition) is 5. The molecule has 3 aromatic heterocycles. The lowest BCUT2D eigenvalue weighted by molar-refractivity contribution is -0.0311. The molecule has 1 saturated heterocycles. The first-order valence-corrected chi connectivity index (χ1v) is 8.29. The smallest absolute Gasteiger partial charge is 0.155 e. The second-order valence-corrected chi connectivity index (χ2v) is 6.63. The average Bonchev–Trinajstić information content (AvgIpc) is 3.05. The number of aryl methyl sites for hydroxylation is 1. The highest BCUT2D eigenvalue weighted by atomic mass is 16.3. The SMILES string of the molecule is Cc1ccc(C2(O)CCN(Cc3ccn4ncnc4c3)CC2)nc1. The third-order valence-corrected chi connectivity index (χ3v) is 4.82. The highest BCUT2D eigenvalue weighted by molar-refractivity contribution is 5.39. The Hall–Kier alpha value is -2.31. The molecule has 3 aromatic rings. The van der Waals surface area contributed by atoms with Gasteiger partial charge in [-0.1, -0.05) is 6.07 Å². The Bertz CT molecular complexity index is 834. The van der Waals surface area contributed by atoms with Crippen LogP contribution in [0.15, 0.2) is 43.0 Å². The van der Waals surface area contributed by atoms with Crippen LogP contribution in [0.25, 0.3) is 5.65 Å². The molecular weight excluding hydrogens is 302 g/mol. The molecule has 1 aliphatic heterocycles. The summed E-state index contributed by atoms with van der Waals surface area (Å²) < 4.78 is 1.77. The van der Waals surface area contributed by atoms with Crippen LogP contribution in [-0.4, -0.2) is 42.7 Å². The normalized spacial score (nSPS) is 18.1. The molecule has 0 spiro atoms. The fourth-order valence-corrected chi connectivity index (χ4v) is 3.29. The van der Waals surface area contributed by atoms with Crippen LogP contribution >= 0.6 is 0 Å². The summed E-state index contributed by atoms with van der Waals surface area (Å²) in [6.07, 6.45) is 6.74. The Morgan fingerprint density at radius 3 is 2.75 bits per heavy atom. The number of aliphatic hydroxyl groups is 1. The van der Waals surface area contributed by atoms with Gasteiger partial charge in [0.25, 0.3) is 0 Å². The quantitative estimate of drug-likeness (QED) is 0.797. The predicted molar refractivity (Wildman–Crippen MR) is 90.4 cm³/mol. The molecule has 0 bridgehead atoms. The van der Waals surface area contributed by atoms with Crippen molar-refractivity contribution in [3.8, 4) is 0 Å². The van der Waals surface area contributed by atoms with E-state index in [-0.39, 0.29) is 0 Å². The predicted octanol–water partition coefficient (Wildman–Crippen LogP) is 1.92. The molecule has 0 radical (unpaired) electrons. The summed E-state index contributed by atoms with van der Waals surface area (Å²) in [5, 5.41) is 15.0. The van der Waals surface area contributed by atoms with Gasteiger partial charge in [0.05, 0.1) is 5.69 Å². The van der Waals surface area contributed by atoms with Crippen molar-refractivity contribution in [3.05, 3.63) is 59.8 Å².